The van der Waals surface area contributed by atoms with Gasteiger partial charge in [-0.15, -0.1) is 0 Å². The summed E-state index contributed by atoms with van der Waals surface area (Å²) >= 11 is 0. The fraction of sp³-hybridized carbons (Fsp3) is 0.200. The molecule has 0 bridgehead atoms. The molecule has 3 aromatic carbocycles. The van der Waals surface area contributed by atoms with Crippen LogP contribution in [-0.2, 0) is 16.0 Å². The number of hydrogen-bond donors (Lipinski definition) is 1. The zero-order valence-corrected chi connectivity index (χ0v) is 13.4. The molecule has 4 nitrogen and oxygen atoms in total. The second-order valence-electron chi connectivity index (χ2n) is 5.70. The molecule has 24 heavy (non-hydrogen) atoms. The zero-order valence-electron chi connectivity index (χ0n) is 13.4. The Labute approximate surface area is 139 Å². The van der Waals surface area contributed by atoms with Crippen LogP contribution in [0.25, 0.3) is 21.5 Å². The lowest BCUT2D eigenvalue weighted by atomic mass is 9.99. The van der Waals surface area contributed by atoms with E-state index < -0.39 is 11.9 Å². The van der Waals surface area contributed by atoms with Crippen LogP contribution in [0, 0.1) is 0 Å². The van der Waals surface area contributed by atoms with Crippen LogP contribution in [-0.4, -0.2) is 17.0 Å². The molecule has 3 aromatic rings. The van der Waals surface area contributed by atoms with Crippen LogP contribution in [0.15, 0.2) is 48.5 Å². The maximum atomic E-state index is 12.0. The number of carboxylic acids is 1. The summed E-state index contributed by atoms with van der Waals surface area (Å²) in [6, 6.07) is 15.9. The van der Waals surface area contributed by atoms with Gasteiger partial charge in [-0.05, 0) is 28.8 Å². The van der Waals surface area contributed by atoms with E-state index in [0.717, 1.165) is 28.0 Å². The summed E-state index contributed by atoms with van der Waals surface area (Å²) in [4.78, 5) is 22.7. The summed E-state index contributed by atoms with van der Waals surface area (Å²) in [5.74, 6) is -1.04. The highest BCUT2D eigenvalue weighted by atomic mass is 16.5. The number of hydrogen-bond acceptors (Lipinski definition) is 3. The normalized spacial score (nSPS) is 10.9. The Kier molecular flexibility index (Phi) is 4.47. The van der Waals surface area contributed by atoms with Crippen molar-refractivity contribution in [3.8, 4) is 5.75 Å². The van der Waals surface area contributed by atoms with Crippen LogP contribution in [0.5, 0.6) is 5.75 Å². The van der Waals surface area contributed by atoms with E-state index in [1.807, 2.05) is 36.4 Å². The number of aliphatic carboxylic acids is 1. The summed E-state index contributed by atoms with van der Waals surface area (Å²) in [5, 5.41) is 12.4. The van der Waals surface area contributed by atoms with E-state index in [-0.39, 0.29) is 12.8 Å². The number of carbonyl (C=O) groups excluding carboxylic acids is 1. The summed E-state index contributed by atoms with van der Waals surface area (Å²) in [6.45, 7) is 2.09. The van der Waals surface area contributed by atoms with Gasteiger partial charge in [-0.3, -0.25) is 9.59 Å². The molecular weight excluding hydrogens is 304 g/mol. The maximum absolute atomic E-state index is 12.0. The number of carbonyl (C=O) groups is 2. The van der Waals surface area contributed by atoms with Gasteiger partial charge in [0, 0.05) is 10.8 Å². The smallest absolute Gasteiger partial charge is 0.311 e. The highest BCUT2D eigenvalue weighted by molar-refractivity contribution is 6.06. The summed E-state index contributed by atoms with van der Waals surface area (Å²) in [6.07, 6.45) is 0.547. The molecule has 0 unspecified atom stereocenters. The Morgan fingerprint density at radius 2 is 1.71 bits per heavy atom. The Bertz CT molecular complexity index is 927. The predicted octanol–water partition coefficient (Wildman–Crippen LogP) is 4.33. The van der Waals surface area contributed by atoms with Crippen molar-refractivity contribution in [1.82, 2.24) is 0 Å². The second-order valence-corrected chi connectivity index (χ2v) is 5.70. The van der Waals surface area contributed by atoms with Gasteiger partial charge in [0.15, 0.2) is 0 Å². The minimum atomic E-state index is -1.01. The first-order valence-corrected chi connectivity index (χ1v) is 7.95. The molecule has 0 aliphatic rings. The fourth-order valence-corrected chi connectivity index (χ4v) is 2.78. The Hall–Kier alpha value is -2.88. The molecule has 0 amide bonds. The second kappa shape index (κ2) is 6.71. The van der Waals surface area contributed by atoms with Gasteiger partial charge in [-0.2, -0.15) is 0 Å². The molecule has 0 heterocycles. The van der Waals surface area contributed by atoms with E-state index >= 15 is 0 Å². The fourth-order valence-electron chi connectivity index (χ4n) is 2.78. The van der Waals surface area contributed by atoms with Gasteiger partial charge >= 0.3 is 11.9 Å². The lowest BCUT2D eigenvalue weighted by Crippen LogP contribution is -2.10. The molecule has 122 valence electrons. The first-order chi connectivity index (χ1) is 11.6. The Balaban J connectivity index is 2.11. The molecular formula is C20H18O4. The van der Waals surface area contributed by atoms with Crippen LogP contribution in [0.2, 0.25) is 0 Å². The van der Waals surface area contributed by atoms with E-state index in [1.54, 1.807) is 0 Å². The van der Waals surface area contributed by atoms with E-state index in [0.29, 0.717) is 5.75 Å². The quantitative estimate of drug-likeness (QED) is 0.431. The molecule has 0 spiro atoms. The number of esters is 1. The van der Waals surface area contributed by atoms with Gasteiger partial charge in [-0.25, -0.2) is 0 Å². The summed E-state index contributed by atoms with van der Waals surface area (Å²) in [5.41, 5.74) is 1.21. The molecule has 0 aliphatic heterocycles. The number of fused-ring (bicyclic) bond motifs is 2. The molecule has 0 radical (unpaired) electrons. The number of carboxylic acid groups (broad SMARTS) is 1. The summed E-state index contributed by atoms with van der Waals surface area (Å²) < 4.78 is 5.56. The van der Waals surface area contributed by atoms with Crippen molar-refractivity contribution in [1.29, 1.82) is 0 Å². The van der Waals surface area contributed by atoms with E-state index in [4.69, 9.17) is 9.84 Å². The molecule has 0 aliphatic carbocycles. The molecule has 1 N–H and O–H groups in total. The van der Waals surface area contributed by atoms with Crippen LogP contribution in [0.1, 0.15) is 25.3 Å². The predicted molar refractivity (Wildman–Crippen MR) is 93.3 cm³/mol. The maximum Gasteiger partial charge on any atom is 0.311 e. The minimum absolute atomic E-state index is 0.146. The number of rotatable bonds is 5. The van der Waals surface area contributed by atoms with Crippen molar-refractivity contribution in [2.45, 2.75) is 26.2 Å². The molecule has 0 aromatic heterocycles. The van der Waals surface area contributed by atoms with Gasteiger partial charge in [0.05, 0.1) is 12.8 Å². The molecule has 0 saturated heterocycles. The molecule has 0 saturated carbocycles. The van der Waals surface area contributed by atoms with Gasteiger partial charge in [0.25, 0.3) is 0 Å². The van der Waals surface area contributed by atoms with Crippen molar-refractivity contribution < 1.29 is 19.4 Å². The van der Waals surface area contributed by atoms with Crippen LogP contribution in [0.4, 0.5) is 0 Å². The minimum Gasteiger partial charge on any atom is -0.481 e. The highest BCUT2D eigenvalue weighted by Gasteiger charge is 2.14. The van der Waals surface area contributed by atoms with Crippen LogP contribution in [0.3, 0.4) is 0 Å². The van der Waals surface area contributed by atoms with Gasteiger partial charge in [0.2, 0.25) is 0 Å². The van der Waals surface area contributed by atoms with Gasteiger partial charge in [-0.1, -0.05) is 49.4 Å². The van der Waals surface area contributed by atoms with E-state index in [2.05, 4.69) is 19.1 Å². The molecule has 0 atom stereocenters. The summed E-state index contributed by atoms with van der Waals surface area (Å²) in [7, 11) is 0. The average molecular weight is 322 g/mol. The molecule has 4 heteroatoms. The van der Waals surface area contributed by atoms with E-state index in [9.17, 15) is 9.59 Å². The zero-order chi connectivity index (χ0) is 17.1. The third-order valence-electron chi connectivity index (χ3n) is 4.04. The Morgan fingerprint density at radius 1 is 0.958 bits per heavy atom. The number of aryl methyl sites for hydroxylation is 1. The molecule has 0 fully saturated rings. The first kappa shape index (κ1) is 16.0. The SMILES string of the molecule is CCc1ccc2c(OC(=O)CCC(=O)O)c3ccccc3cc2c1. The van der Waals surface area contributed by atoms with Crippen molar-refractivity contribution in [3.05, 3.63) is 54.1 Å². The lowest BCUT2D eigenvalue weighted by molar-refractivity contribution is -0.142. The van der Waals surface area contributed by atoms with Gasteiger partial charge < -0.3 is 9.84 Å². The standard InChI is InChI=1S/C20H18O4/c1-2-13-7-8-17-15(11-13)12-14-5-3-4-6-16(14)20(17)24-19(23)10-9-18(21)22/h3-8,11-12H,2,9-10H2,1H3,(H,21,22). The largest absolute Gasteiger partial charge is 0.481 e. The third-order valence-corrected chi connectivity index (χ3v) is 4.04. The number of benzene rings is 3. The lowest BCUT2D eigenvalue weighted by Gasteiger charge is -2.12. The average Bonchev–Trinajstić information content (AvgIpc) is 2.59. The molecule has 3 rings (SSSR count). The van der Waals surface area contributed by atoms with Crippen LogP contribution < -0.4 is 4.74 Å². The monoisotopic (exact) mass is 322 g/mol. The third kappa shape index (κ3) is 3.23. The highest BCUT2D eigenvalue weighted by Crippen LogP contribution is 2.35. The van der Waals surface area contributed by atoms with Crippen molar-refractivity contribution in [2.75, 3.05) is 0 Å². The Morgan fingerprint density at radius 3 is 2.46 bits per heavy atom. The van der Waals surface area contributed by atoms with Crippen molar-refractivity contribution in [2.24, 2.45) is 0 Å². The number of ether oxygens (including phenoxy) is 1. The van der Waals surface area contributed by atoms with Crippen molar-refractivity contribution in [3.63, 3.8) is 0 Å². The van der Waals surface area contributed by atoms with Crippen LogP contribution >= 0.6 is 0 Å². The van der Waals surface area contributed by atoms with Gasteiger partial charge in [0.1, 0.15) is 5.75 Å². The van der Waals surface area contributed by atoms with E-state index in [1.165, 1.54) is 5.56 Å². The topological polar surface area (TPSA) is 63.6 Å². The van der Waals surface area contributed by atoms with Crippen molar-refractivity contribution >= 4 is 33.5 Å². The first-order valence-electron chi connectivity index (χ1n) is 7.95.